The first-order valence-electron chi connectivity index (χ1n) is 9.31. The van der Waals surface area contributed by atoms with Gasteiger partial charge in [0.2, 0.25) is 0 Å². The van der Waals surface area contributed by atoms with Crippen molar-refractivity contribution >= 4 is 21.5 Å². The number of aromatic nitrogens is 1. The zero-order valence-electron chi connectivity index (χ0n) is 16.3. The molecule has 0 N–H and O–H groups in total. The number of pyridine rings is 1. The molecule has 1 nitrogen and oxygen atoms in total. The van der Waals surface area contributed by atoms with Crippen LogP contribution in [0, 0.1) is 5.95 Å². The van der Waals surface area contributed by atoms with Crippen molar-refractivity contribution < 1.29 is 8.96 Å². The van der Waals surface area contributed by atoms with Crippen molar-refractivity contribution in [2.75, 3.05) is 0 Å². The molecule has 0 atom stereocenters. The highest BCUT2D eigenvalue weighted by molar-refractivity contribution is 6.12. The molecule has 0 saturated heterocycles. The van der Waals surface area contributed by atoms with Crippen LogP contribution in [-0.4, -0.2) is 0 Å². The highest BCUT2D eigenvalue weighted by Crippen LogP contribution is 2.36. The Morgan fingerprint density at radius 2 is 1.19 bits per heavy atom. The minimum Gasteiger partial charge on any atom is -0.176 e. The molecular weight excluding hydrogens is 321 g/mol. The van der Waals surface area contributed by atoms with E-state index in [4.69, 9.17) is 0 Å². The molecule has 134 valence electrons. The summed E-state index contributed by atoms with van der Waals surface area (Å²) >= 11 is 0. The number of hydrogen-bond acceptors (Lipinski definition) is 0. The van der Waals surface area contributed by atoms with E-state index in [1.165, 1.54) is 4.57 Å². The number of halogens is 1. The molecule has 1 aromatic heterocycles. The summed E-state index contributed by atoms with van der Waals surface area (Å²) in [6.07, 6.45) is 1.73. The Balaban J connectivity index is 0.000000570. The first-order chi connectivity index (χ1) is 12.8. The maximum Gasteiger partial charge on any atom is 0.367 e. The molecule has 4 rings (SSSR count). The lowest BCUT2D eigenvalue weighted by molar-refractivity contribution is -0.699. The summed E-state index contributed by atoms with van der Waals surface area (Å²) in [4.78, 5) is 0. The summed E-state index contributed by atoms with van der Waals surface area (Å²) in [6.45, 7) is 8.00. The topological polar surface area (TPSA) is 3.88 Å². The summed E-state index contributed by atoms with van der Waals surface area (Å²) in [5.41, 5.74) is 1.60. The Labute approximate surface area is 155 Å². The lowest BCUT2D eigenvalue weighted by Crippen LogP contribution is -2.32. The lowest BCUT2D eigenvalue weighted by Gasteiger charge is -2.11. The van der Waals surface area contributed by atoms with Crippen LogP contribution >= 0.6 is 0 Å². The summed E-state index contributed by atoms with van der Waals surface area (Å²) < 4.78 is 16.2. The highest BCUT2D eigenvalue weighted by Gasteiger charge is 2.18. The predicted molar refractivity (Wildman–Crippen MR) is 111 cm³/mol. The molecule has 4 aromatic rings. The third kappa shape index (κ3) is 3.60. The fourth-order valence-corrected chi connectivity index (χ4v) is 3.08. The first-order valence-corrected chi connectivity index (χ1v) is 9.31. The maximum absolute atomic E-state index is 14.7. The maximum atomic E-state index is 14.7. The Bertz CT molecular complexity index is 951. The van der Waals surface area contributed by atoms with Gasteiger partial charge in [-0.3, -0.25) is 0 Å². The number of aryl methyl sites for hydroxylation is 1. The summed E-state index contributed by atoms with van der Waals surface area (Å²) in [7, 11) is 1.73. The van der Waals surface area contributed by atoms with E-state index in [9.17, 15) is 4.39 Å². The Hall–Kier alpha value is -2.74. The standard InChI is InChI=1S/C20H15FN.2C2H6/c1-22-12-6-11-18(20(22)21)19-16-9-4-2-7-14(16)13-15-8-3-5-10-17(15)19;2*1-2/h2-13H,1H3;2*1-2H3/q+1;;. The first kappa shape index (κ1) is 19.6. The highest BCUT2D eigenvalue weighted by atomic mass is 19.1. The van der Waals surface area contributed by atoms with E-state index >= 15 is 0 Å². The number of hydrogen-bond donors (Lipinski definition) is 0. The van der Waals surface area contributed by atoms with Gasteiger partial charge in [0.25, 0.3) is 0 Å². The average molecular weight is 348 g/mol. The van der Waals surface area contributed by atoms with Gasteiger partial charge in [0.15, 0.2) is 6.20 Å². The van der Waals surface area contributed by atoms with Crippen molar-refractivity contribution in [3.8, 4) is 11.1 Å². The number of nitrogens with zero attached hydrogens (tertiary/aromatic N) is 1. The van der Waals surface area contributed by atoms with Crippen LogP contribution in [0.15, 0.2) is 72.9 Å². The van der Waals surface area contributed by atoms with E-state index in [1.807, 2.05) is 64.1 Å². The largest absolute Gasteiger partial charge is 0.367 e. The van der Waals surface area contributed by atoms with Crippen LogP contribution in [0.4, 0.5) is 4.39 Å². The van der Waals surface area contributed by atoms with Gasteiger partial charge < -0.3 is 0 Å². The Morgan fingerprint density at radius 3 is 1.73 bits per heavy atom. The molecule has 0 radical (unpaired) electrons. The molecule has 3 aromatic carbocycles. The van der Waals surface area contributed by atoms with E-state index in [-0.39, 0.29) is 5.95 Å². The quantitative estimate of drug-likeness (QED) is 0.205. The Kier molecular flexibility index (Phi) is 6.85. The van der Waals surface area contributed by atoms with Crippen LogP contribution in [0.1, 0.15) is 27.7 Å². The van der Waals surface area contributed by atoms with Gasteiger partial charge in [-0.05, 0) is 33.7 Å². The summed E-state index contributed by atoms with van der Waals surface area (Å²) in [5, 5.41) is 4.40. The van der Waals surface area contributed by atoms with Crippen molar-refractivity contribution in [1.82, 2.24) is 0 Å². The van der Waals surface area contributed by atoms with E-state index in [0.29, 0.717) is 5.56 Å². The van der Waals surface area contributed by atoms with Crippen molar-refractivity contribution in [2.45, 2.75) is 27.7 Å². The minimum absolute atomic E-state index is 0.219. The van der Waals surface area contributed by atoms with Gasteiger partial charge in [-0.1, -0.05) is 76.2 Å². The zero-order valence-corrected chi connectivity index (χ0v) is 16.3. The predicted octanol–water partition coefficient (Wildman–Crippen LogP) is 6.68. The average Bonchev–Trinajstić information content (AvgIpc) is 2.71. The van der Waals surface area contributed by atoms with Gasteiger partial charge in [-0.2, -0.15) is 4.57 Å². The molecular formula is C24H27FN+. The van der Waals surface area contributed by atoms with Crippen LogP contribution in [-0.2, 0) is 7.05 Å². The molecule has 0 amide bonds. The second kappa shape index (κ2) is 9.10. The third-order valence-corrected chi connectivity index (χ3v) is 4.15. The molecule has 0 spiro atoms. The van der Waals surface area contributed by atoms with Gasteiger partial charge in [-0.15, -0.1) is 4.39 Å². The van der Waals surface area contributed by atoms with Crippen LogP contribution in [0.3, 0.4) is 0 Å². The van der Waals surface area contributed by atoms with Crippen molar-refractivity contribution in [3.05, 3.63) is 78.9 Å². The molecule has 2 heteroatoms. The molecule has 0 unspecified atom stereocenters. The van der Waals surface area contributed by atoms with Gasteiger partial charge in [0.1, 0.15) is 7.05 Å². The fraction of sp³-hybridized carbons (Fsp3) is 0.208. The molecule has 1 heterocycles. The fourth-order valence-electron chi connectivity index (χ4n) is 3.08. The van der Waals surface area contributed by atoms with Gasteiger partial charge in [0, 0.05) is 11.6 Å². The van der Waals surface area contributed by atoms with E-state index in [0.717, 1.165) is 27.1 Å². The number of benzene rings is 3. The van der Waals surface area contributed by atoms with Crippen molar-refractivity contribution in [2.24, 2.45) is 7.05 Å². The summed E-state index contributed by atoms with van der Waals surface area (Å²) in [5.74, 6) is -0.219. The Morgan fingerprint density at radius 1 is 0.692 bits per heavy atom. The molecule has 26 heavy (non-hydrogen) atoms. The van der Waals surface area contributed by atoms with Crippen molar-refractivity contribution in [3.63, 3.8) is 0 Å². The zero-order chi connectivity index (χ0) is 19.1. The SMILES string of the molecule is CC.CC.C[n+]1cccc(-c2c3ccccc3cc3ccccc23)c1F. The minimum atomic E-state index is -0.219. The summed E-state index contributed by atoms with van der Waals surface area (Å²) in [6, 6.07) is 22.2. The van der Waals surface area contributed by atoms with E-state index in [2.05, 4.69) is 30.3 Å². The van der Waals surface area contributed by atoms with E-state index in [1.54, 1.807) is 13.2 Å². The van der Waals surface area contributed by atoms with Crippen LogP contribution in [0.2, 0.25) is 0 Å². The second-order valence-corrected chi connectivity index (χ2v) is 5.52. The van der Waals surface area contributed by atoms with Gasteiger partial charge in [0.05, 0.1) is 5.56 Å². The van der Waals surface area contributed by atoms with Gasteiger partial charge >= 0.3 is 5.95 Å². The molecule has 0 bridgehead atoms. The normalized spacial score (nSPS) is 9.92. The van der Waals surface area contributed by atoms with Crippen LogP contribution < -0.4 is 4.57 Å². The second-order valence-electron chi connectivity index (χ2n) is 5.52. The number of rotatable bonds is 1. The van der Waals surface area contributed by atoms with Crippen LogP contribution in [0.25, 0.3) is 32.7 Å². The third-order valence-electron chi connectivity index (χ3n) is 4.15. The van der Waals surface area contributed by atoms with Gasteiger partial charge in [-0.25, -0.2) is 0 Å². The molecule has 0 aliphatic carbocycles. The van der Waals surface area contributed by atoms with Crippen LogP contribution in [0.5, 0.6) is 0 Å². The molecule has 0 aliphatic rings. The van der Waals surface area contributed by atoms with E-state index < -0.39 is 0 Å². The molecule has 0 aliphatic heterocycles. The smallest absolute Gasteiger partial charge is 0.176 e. The monoisotopic (exact) mass is 348 g/mol. The molecule has 0 saturated carbocycles. The number of fused-ring (bicyclic) bond motifs is 2. The molecule has 0 fully saturated rings. The lowest BCUT2D eigenvalue weighted by atomic mass is 9.92. The van der Waals surface area contributed by atoms with Crippen molar-refractivity contribution in [1.29, 1.82) is 0 Å².